The van der Waals surface area contributed by atoms with E-state index in [1.807, 2.05) is 0 Å². The summed E-state index contributed by atoms with van der Waals surface area (Å²) in [6, 6.07) is 0. The molecule has 118 valence electrons. The highest BCUT2D eigenvalue weighted by molar-refractivity contribution is 7.14. The quantitative estimate of drug-likeness (QED) is 0.439. The standard InChI is InChI=1S/C13H14N2O6S/c1-3-21-12(19)10(17)8-6-22-13(14-8)15-5-7(4-9(15)16)11(18)20-2/h6-7H,3-5H2,1-2H3. The molecule has 1 aromatic heterocycles. The second-order valence-electron chi connectivity index (χ2n) is 4.49. The van der Waals surface area contributed by atoms with Gasteiger partial charge in [0.1, 0.15) is 5.69 Å². The van der Waals surface area contributed by atoms with Crippen molar-refractivity contribution in [1.82, 2.24) is 4.98 Å². The normalized spacial score (nSPS) is 17.5. The summed E-state index contributed by atoms with van der Waals surface area (Å²) in [5.74, 6) is -3.14. The van der Waals surface area contributed by atoms with Gasteiger partial charge in [-0.05, 0) is 6.92 Å². The second-order valence-corrected chi connectivity index (χ2v) is 5.33. The topological polar surface area (TPSA) is 103 Å². The summed E-state index contributed by atoms with van der Waals surface area (Å²) in [5, 5.41) is 1.65. The van der Waals surface area contributed by atoms with Crippen LogP contribution in [0.3, 0.4) is 0 Å². The Morgan fingerprint density at radius 3 is 2.82 bits per heavy atom. The molecule has 0 spiro atoms. The predicted octanol–water partition coefficient (Wildman–Crippen LogP) is 0.415. The van der Waals surface area contributed by atoms with Crippen LogP contribution >= 0.6 is 11.3 Å². The van der Waals surface area contributed by atoms with Crippen LogP contribution in [0, 0.1) is 5.92 Å². The molecule has 0 radical (unpaired) electrons. The van der Waals surface area contributed by atoms with Gasteiger partial charge in [-0.1, -0.05) is 0 Å². The van der Waals surface area contributed by atoms with Crippen molar-refractivity contribution in [2.75, 3.05) is 25.2 Å². The molecule has 0 aromatic carbocycles. The van der Waals surface area contributed by atoms with Crippen molar-refractivity contribution in [2.45, 2.75) is 13.3 Å². The second kappa shape index (κ2) is 6.65. The number of aromatic nitrogens is 1. The van der Waals surface area contributed by atoms with Gasteiger partial charge in [0.25, 0.3) is 5.78 Å². The first-order chi connectivity index (χ1) is 10.5. The average Bonchev–Trinajstić information content (AvgIpc) is 3.12. The third kappa shape index (κ3) is 3.14. The highest BCUT2D eigenvalue weighted by atomic mass is 32.1. The van der Waals surface area contributed by atoms with E-state index in [4.69, 9.17) is 0 Å². The van der Waals surface area contributed by atoms with E-state index in [9.17, 15) is 19.2 Å². The molecule has 1 unspecified atom stereocenters. The third-order valence-electron chi connectivity index (χ3n) is 3.08. The van der Waals surface area contributed by atoms with Crippen molar-refractivity contribution in [3.63, 3.8) is 0 Å². The minimum absolute atomic E-state index is 0.0351. The van der Waals surface area contributed by atoms with Gasteiger partial charge in [0, 0.05) is 18.3 Å². The Hall–Kier alpha value is -2.29. The monoisotopic (exact) mass is 326 g/mol. The maximum atomic E-state index is 11.9. The molecule has 9 heteroatoms. The highest BCUT2D eigenvalue weighted by Gasteiger charge is 2.37. The van der Waals surface area contributed by atoms with E-state index in [-0.39, 0.29) is 36.3 Å². The number of hydrogen-bond donors (Lipinski definition) is 0. The summed E-state index contributed by atoms with van der Waals surface area (Å²) in [7, 11) is 1.26. The van der Waals surface area contributed by atoms with Crippen molar-refractivity contribution in [1.29, 1.82) is 0 Å². The first kappa shape index (κ1) is 16.1. The van der Waals surface area contributed by atoms with E-state index >= 15 is 0 Å². The molecule has 2 rings (SSSR count). The lowest BCUT2D eigenvalue weighted by Gasteiger charge is -2.11. The Bertz CT molecular complexity index is 626. The van der Waals surface area contributed by atoms with Gasteiger partial charge in [-0.25, -0.2) is 9.78 Å². The number of anilines is 1. The first-order valence-electron chi connectivity index (χ1n) is 6.53. The molecule has 2 heterocycles. The third-order valence-corrected chi connectivity index (χ3v) is 3.94. The molecular weight excluding hydrogens is 312 g/mol. The fraction of sp³-hybridized carbons (Fsp3) is 0.462. The van der Waals surface area contributed by atoms with Gasteiger partial charge in [0.2, 0.25) is 5.91 Å². The minimum atomic E-state index is -0.987. The van der Waals surface area contributed by atoms with Crippen molar-refractivity contribution in [3.8, 4) is 0 Å². The summed E-state index contributed by atoms with van der Waals surface area (Å²) >= 11 is 1.05. The maximum absolute atomic E-state index is 11.9. The lowest BCUT2D eigenvalue weighted by molar-refractivity contribution is -0.145. The number of amides is 1. The number of rotatable bonds is 5. The summed E-state index contributed by atoms with van der Waals surface area (Å²) < 4.78 is 9.23. The molecule has 1 fully saturated rings. The molecule has 0 N–H and O–H groups in total. The van der Waals surface area contributed by atoms with Crippen molar-refractivity contribution < 1.29 is 28.7 Å². The molecule has 0 aliphatic carbocycles. The molecule has 1 aliphatic rings. The molecule has 0 bridgehead atoms. The molecule has 1 aromatic rings. The Labute approximate surface area is 130 Å². The fourth-order valence-corrected chi connectivity index (χ4v) is 2.84. The van der Waals surface area contributed by atoms with Crippen LogP contribution in [-0.4, -0.2) is 48.9 Å². The zero-order chi connectivity index (χ0) is 16.3. The van der Waals surface area contributed by atoms with Crippen LogP contribution in [-0.2, 0) is 23.9 Å². The van der Waals surface area contributed by atoms with Gasteiger partial charge in [-0.15, -0.1) is 11.3 Å². The lowest BCUT2D eigenvalue weighted by Crippen LogP contribution is -2.26. The lowest BCUT2D eigenvalue weighted by atomic mass is 10.1. The largest absolute Gasteiger partial charge is 0.469 e. The van der Waals surface area contributed by atoms with Crippen LogP contribution in [0.15, 0.2) is 5.38 Å². The molecular formula is C13H14N2O6S. The van der Waals surface area contributed by atoms with Gasteiger partial charge in [0.15, 0.2) is 5.13 Å². The summed E-state index contributed by atoms with van der Waals surface area (Å²) in [6.07, 6.45) is 0.0351. The van der Waals surface area contributed by atoms with Crippen LogP contribution in [0.25, 0.3) is 0 Å². The van der Waals surface area contributed by atoms with E-state index in [1.165, 1.54) is 17.4 Å². The number of thiazole rings is 1. The van der Waals surface area contributed by atoms with Gasteiger partial charge < -0.3 is 9.47 Å². The van der Waals surface area contributed by atoms with E-state index in [0.717, 1.165) is 11.3 Å². The predicted molar refractivity (Wildman–Crippen MR) is 75.6 cm³/mol. The first-order valence-corrected chi connectivity index (χ1v) is 7.41. The molecule has 1 amide bonds. The Morgan fingerprint density at radius 1 is 1.45 bits per heavy atom. The number of esters is 2. The number of carbonyl (C=O) groups is 4. The number of ether oxygens (including phenoxy) is 2. The number of carbonyl (C=O) groups excluding carboxylic acids is 4. The van der Waals surface area contributed by atoms with Crippen LogP contribution in [0.1, 0.15) is 23.8 Å². The van der Waals surface area contributed by atoms with E-state index in [2.05, 4.69) is 14.5 Å². The average molecular weight is 326 g/mol. The molecule has 8 nitrogen and oxygen atoms in total. The molecule has 1 atom stereocenters. The van der Waals surface area contributed by atoms with Crippen LogP contribution in [0.5, 0.6) is 0 Å². The molecule has 1 saturated heterocycles. The maximum Gasteiger partial charge on any atom is 0.381 e. The van der Waals surface area contributed by atoms with E-state index in [0.29, 0.717) is 0 Å². The SMILES string of the molecule is CCOC(=O)C(=O)c1csc(N2CC(C(=O)OC)CC2=O)n1. The van der Waals surface area contributed by atoms with Gasteiger partial charge in [-0.3, -0.25) is 19.3 Å². The minimum Gasteiger partial charge on any atom is -0.469 e. The van der Waals surface area contributed by atoms with Crippen molar-refractivity contribution >= 4 is 40.1 Å². The summed E-state index contributed by atoms with van der Waals surface area (Å²) in [6.45, 7) is 1.83. The summed E-state index contributed by atoms with van der Waals surface area (Å²) in [4.78, 5) is 51.8. The molecule has 0 saturated carbocycles. The number of ketones is 1. The van der Waals surface area contributed by atoms with E-state index in [1.54, 1.807) is 6.92 Å². The molecule has 22 heavy (non-hydrogen) atoms. The van der Waals surface area contributed by atoms with Gasteiger partial charge in [-0.2, -0.15) is 0 Å². The number of hydrogen-bond acceptors (Lipinski definition) is 8. The zero-order valence-electron chi connectivity index (χ0n) is 12.0. The zero-order valence-corrected chi connectivity index (χ0v) is 12.8. The number of Topliss-reactive ketones (excluding diaryl/α,β-unsaturated/α-hetero) is 1. The Kier molecular flexibility index (Phi) is 4.86. The van der Waals surface area contributed by atoms with Crippen molar-refractivity contribution in [3.05, 3.63) is 11.1 Å². The Balaban J connectivity index is 2.12. The van der Waals surface area contributed by atoms with E-state index < -0.39 is 23.6 Å². The summed E-state index contributed by atoms with van der Waals surface area (Å²) in [5.41, 5.74) is -0.0761. The highest BCUT2D eigenvalue weighted by Crippen LogP contribution is 2.28. The number of methoxy groups -OCH3 is 1. The smallest absolute Gasteiger partial charge is 0.381 e. The van der Waals surface area contributed by atoms with Crippen molar-refractivity contribution in [2.24, 2.45) is 5.92 Å². The Morgan fingerprint density at radius 2 is 2.18 bits per heavy atom. The van der Waals surface area contributed by atoms with Crippen LogP contribution in [0.2, 0.25) is 0 Å². The molecule has 1 aliphatic heterocycles. The van der Waals surface area contributed by atoms with Gasteiger partial charge in [0.05, 0.1) is 19.6 Å². The van der Waals surface area contributed by atoms with Crippen LogP contribution in [0.4, 0.5) is 5.13 Å². The number of nitrogens with zero attached hydrogens (tertiary/aromatic N) is 2. The fourth-order valence-electron chi connectivity index (χ4n) is 2.01. The van der Waals surface area contributed by atoms with Gasteiger partial charge >= 0.3 is 11.9 Å². The van der Waals surface area contributed by atoms with Crippen LogP contribution < -0.4 is 4.90 Å².